The number of aryl methyl sites for hydroxylation is 1. The smallest absolute Gasteiger partial charge is 0.121 e. The number of hydrogen-bond acceptors (Lipinski definition) is 4. The zero-order valence-electron chi connectivity index (χ0n) is 13.3. The third-order valence-electron chi connectivity index (χ3n) is 6.40. The van der Waals surface area contributed by atoms with Crippen LogP contribution in [0.2, 0.25) is 0 Å². The molecule has 122 valence electrons. The van der Waals surface area contributed by atoms with Gasteiger partial charge in [-0.05, 0) is 60.3 Å². The maximum atomic E-state index is 10.4. The molecule has 1 saturated carbocycles. The van der Waals surface area contributed by atoms with Crippen LogP contribution in [-0.4, -0.2) is 33.1 Å². The number of hydrogen-bond donors (Lipinski definition) is 4. The van der Waals surface area contributed by atoms with Gasteiger partial charge in [0.15, 0.2) is 0 Å². The van der Waals surface area contributed by atoms with Gasteiger partial charge in [0, 0.05) is 11.0 Å². The summed E-state index contributed by atoms with van der Waals surface area (Å²) in [5.74, 6) is 0.320. The molecular formula is C18H26O4. The average molecular weight is 306 g/mol. The van der Waals surface area contributed by atoms with E-state index in [-0.39, 0.29) is 30.3 Å². The number of benzene rings is 1. The van der Waals surface area contributed by atoms with Gasteiger partial charge >= 0.3 is 0 Å². The molecule has 0 spiro atoms. The fraction of sp³-hybridized carbons (Fsp3) is 0.667. The summed E-state index contributed by atoms with van der Waals surface area (Å²) in [5.41, 5.74) is 2.20. The van der Waals surface area contributed by atoms with Gasteiger partial charge in [0.05, 0.1) is 19.3 Å². The van der Waals surface area contributed by atoms with Gasteiger partial charge in [0.2, 0.25) is 0 Å². The number of aromatic hydroxyl groups is 1. The van der Waals surface area contributed by atoms with Crippen LogP contribution in [0.4, 0.5) is 0 Å². The first-order valence-corrected chi connectivity index (χ1v) is 8.12. The van der Waals surface area contributed by atoms with Crippen molar-refractivity contribution in [1.82, 2.24) is 0 Å². The molecule has 1 aromatic carbocycles. The van der Waals surface area contributed by atoms with Gasteiger partial charge in [-0.2, -0.15) is 0 Å². The molecule has 0 saturated heterocycles. The van der Waals surface area contributed by atoms with Crippen molar-refractivity contribution >= 4 is 0 Å². The van der Waals surface area contributed by atoms with E-state index in [1.54, 1.807) is 6.07 Å². The second-order valence-corrected chi connectivity index (χ2v) is 7.52. The van der Waals surface area contributed by atoms with Crippen molar-refractivity contribution in [1.29, 1.82) is 0 Å². The van der Waals surface area contributed by atoms with Crippen molar-refractivity contribution < 1.29 is 20.4 Å². The quantitative estimate of drug-likeness (QED) is 0.672. The fourth-order valence-electron chi connectivity index (χ4n) is 4.94. The number of aliphatic hydroxyl groups excluding tert-OH is 3. The molecule has 1 unspecified atom stereocenters. The highest BCUT2D eigenvalue weighted by atomic mass is 16.3. The fourth-order valence-corrected chi connectivity index (χ4v) is 4.94. The molecular weight excluding hydrogens is 280 g/mol. The summed E-state index contributed by atoms with van der Waals surface area (Å²) >= 11 is 0. The standard InChI is InChI=1S/C18H26O4/c1-17-6-5-16(22)18(2,10-20)15(17)4-3-11-7-12(9-19)14(21)8-13(11)17/h7-8,15-16,19-22H,3-6,9-10H2,1-2H3/t15?,16-,17-,18+/m1/s1. The molecule has 0 aliphatic heterocycles. The lowest BCUT2D eigenvalue weighted by Gasteiger charge is -2.56. The first-order valence-electron chi connectivity index (χ1n) is 8.12. The summed E-state index contributed by atoms with van der Waals surface area (Å²) in [6, 6.07) is 3.70. The molecule has 22 heavy (non-hydrogen) atoms. The van der Waals surface area contributed by atoms with Crippen LogP contribution < -0.4 is 0 Å². The molecule has 3 rings (SSSR count). The Bertz CT molecular complexity index is 585. The third kappa shape index (κ3) is 2.01. The van der Waals surface area contributed by atoms with Crippen molar-refractivity contribution in [3.8, 4) is 5.75 Å². The van der Waals surface area contributed by atoms with Gasteiger partial charge in [0.25, 0.3) is 0 Å². The van der Waals surface area contributed by atoms with Crippen LogP contribution in [0.3, 0.4) is 0 Å². The van der Waals surface area contributed by atoms with Crippen LogP contribution in [0, 0.1) is 11.3 Å². The number of aliphatic hydroxyl groups is 3. The lowest BCUT2D eigenvalue weighted by atomic mass is 9.49. The van der Waals surface area contributed by atoms with Gasteiger partial charge in [-0.15, -0.1) is 0 Å². The number of phenols is 1. The average Bonchev–Trinajstić information content (AvgIpc) is 2.51. The highest BCUT2D eigenvalue weighted by molar-refractivity contribution is 5.47. The monoisotopic (exact) mass is 306 g/mol. The van der Waals surface area contributed by atoms with E-state index in [4.69, 9.17) is 0 Å². The second-order valence-electron chi connectivity index (χ2n) is 7.52. The highest BCUT2D eigenvalue weighted by Gasteiger charge is 2.55. The van der Waals surface area contributed by atoms with E-state index in [9.17, 15) is 20.4 Å². The van der Waals surface area contributed by atoms with E-state index in [1.807, 2.05) is 13.0 Å². The van der Waals surface area contributed by atoms with Gasteiger partial charge < -0.3 is 20.4 Å². The zero-order chi connectivity index (χ0) is 16.1. The van der Waals surface area contributed by atoms with Crippen molar-refractivity contribution in [2.45, 2.75) is 57.7 Å². The molecule has 4 atom stereocenters. The Balaban J connectivity index is 2.12. The van der Waals surface area contributed by atoms with Gasteiger partial charge in [-0.25, -0.2) is 0 Å². The molecule has 2 aliphatic carbocycles. The summed E-state index contributed by atoms with van der Waals surface area (Å²) in [4.78, 5) is 0. The molecule has 0 bridgehead atoms. The second kappa shape index (κ2) is 5.22. The lowest BCUT2D eigenvalue weighted by molar-refractivity contribution is -0.110. The van der Waals surface area contributed by atoms with Crippen molar-refractivity contribution in [3.05, 3.63) is 28.8 Å². The molecule has 0 heterocycles. The van der Waals surface area contributed by atoms with Crippen LogP contribution >= 0.6 is 0 Å². The maximum Gasteiger partial charge on any atom is 0.121 e. The van der Waals surface area contributed by atoms with E-state index in [2.05, 4.69) is 6.92 Å². The molecule has 1 aromatic rings. The van der Waals surface area contributed by atoms with Crippen molar-refractivity contribution in [3.63, 3.8) is 0 Å². The Labute approximate surface area is 131 Å². The highest BCUT2D eigenvalue weighted by Crippen LogP contribution is 2.57. The molecule has 0 amide bonds. The molecule has 4 N–H and O–H groups in total. The molecule has 2 aliphatic rings. The summed E-state index contributed by atoms with van der Waals surface area (Å²) in [6.07, 6.45) is 2.78. The minimum absolute atomic E-state index is 0.0234. The number of fused-ring (bicyclic) bond motifs is 3. The largest absolute Gasteiger partial charge is 0.508 e. The van der Waals surface area contributed by atoms with E-state index in [0.29, 0.717) is 12.0 Å². The van der Waals surface area contributed by atoms with E-state index in [0.717, 1.165) is 24.8 Å². The van der Waals surface area contributed by atoms with Gasteiger partial charge in [-0.1, -0.05) is 13.8 Å². The van der Waals surface area contributed by atoms with Crippen molar-refractivity contribution in [2.24, 2.45) is 11.3 Å². The number of rotatable bonds is 2. The first kappa shape index (κ1) is 15.8. The van der Waals surface area contributed by atoms with E-state index < -0.39 is 11.5 Å². The Morgan fingerprint density at radius 2 is 1.91 bits per heavy atom. The minimum Gasteiger partial charge on any atom is -0.508 e. The predicted molar refractivity (Wildman–Crippen MR) is 83.6 cm³/mol. The van der Waals surface area contributed by atoms with Gasteiger partial charge in [-0.3, -0.25) is 0 Å². The molecule has 4 nitrogen and oxygen atoms in total. The molecule has 1 fully saturated rings. The maximum absolute atomic E-state index is 10.4. The predicted octanol–water partition coefficient (Wildman–Crippen LogP) is 1.86. The summed E-state index contributed by atoms with van der Waals surface area (Å²) in [6.45, 7) is 3.98. The Kier molecular flexibility index (Phi) is 3.75. The molecule has 4 heteroatoms. The van der Waals surface area contributed by atoms with Crippen LogP contribution in [0.5, 0.6) is 5.75 Å². The minimum atomic E-state index is -0.504. The van der Waals surface area contributed by atoms with Crippen molar-refractivity contribution in [2.75, 3.05) is 6.61 Å². The molecule has 0 radical (unpaired) electrons. The van der Waals surface area contributed by atoms with Crippen LogP contribution in [-0.2, 0) is 18.4 Å². The zero-order valence-corrected chi connectivity index (χ0v) is 13.3. The lowest BCUT2D eigenvalue weighted by Crippen LogP contribution is -2.56. The van der Waals surface area contributed by atoms with Crippen LogP contribution in [0.25, 0.3) is 0 Å². The first-order chi connectivity index (χ1) is 10.4. The topological polar surface area (TPSA) is 80.9 Å². The summed E-state index contributed by atoms with van der Waals surface area (Å²) in [5, 5.41) is 39.8. The van der Waals surface area contributed by atoms with E-state index >= 15 is 0 Å². The normalized spacial score (nSPS) is 37.5. The Morgan fingerprint density at radius 3 is 2.55 bits per heavy atom. The van der Waals surface area contributed by atoms with Crippen LogP contribution in [0.1, 0.15) is 49.8 Å². The molecule has 0 aromatic heterocycles. The van der Waals surface area contributed by atoms with Crippen LogP contribution in [0.15, 0.2) is 12.1 Å². The SMILES string of the molecule is C[C@]1(CO)C2CCc3cc(CO)c(O)cc3[C@@]2(C)CC[C@H]1O. The Hall–Kier alpha value is -1.10. The van der Waals surface area contributed by atoms with E-state index in [1.165, 1.54) is 5.56 Å². The summed E-state index contributed by atoms with van der Waals surface area (Å²) < 4.78 is 0. The third-order valence-corrected chi connectivity index (χ3v) is 6.40. The summed E-state index contributed by atoms with van der Waals surface area (Å²) in [7, 11) is 0. The van der Waals surface area contributed by atoms with Gasteiger partial charge in [0.1, 0.15) is 5.75 Å². The Morgan fingerprint density at radius 1 is 1.18 bits per heavy atom.